The fourth-order valence-corrected chi connectivity index (χ4v) is 2.83. The molecule has 4 heteroatoms. The summed E-state index contributed by atoms with van der Waals surface area (Å²) in [4.78, 5) is 24.4. The number of phenolic OH excluding ortho intramolecular Hbond substituents is 1. The summed E-state index contributed by atoms with van der Waals surface area (Å²) < 4.78 is 5.37. The Morgan fingerprint density at radius 2 is 1.57 bits per heavy atom. The molecule has 0 bridgehead atoms. The smallest absolute Gasteiger partial charge is 0.343 e. The predicted octanol–water partition coefficient (Wildman–Crippen LogP) is 5.51. The predicted molar refractivity (Wildman–Crippen MR) is 109 cm³/mol. The van der Waals surface area contributed by atoms with Crippen molar-refractivity contribution in [3.05, 3.63) is 83.9 Å². The second-order valence-electron chi connectivity index (χ2n) is 6.69. The van der Waals surface area contributed by atoms with Crippen molar-refractivity contribution in [1.29, 1.82) is 0 Å². The highest BCUT2D eigenvalue weighted by atomic mass is 16.5. The second-order valence-corrected chi connectivity index (χ2v) is 6.69. The summed E-state index contributed by atoms with van der Waals surface area (Å²) in [5.41, 5.74) is 2.45. The maximum Gasteiger partial charge on any atom is 0.343 e. The van der Waals surface area contributed by atoms with Crippen molar-refractivity contribution in [1.82, 2.24) is 0 Å². The van der Waals surface area contributed by atoms with Gasteiger partial charge in [0.1, 0.15) is 11.5 Å². The molecule has 0 saturated carbocycles. The highest BCUT2D eigenvalue weighted by molar-refractivity contribution is 6.00. The van der Waals surface area contributed by atoms with Crippen LogP contribution in [0.2, 0.25) is 0 Å². The molecule has 0 radical (unpaired) electrons. The van der Waals surface area contributed by atoms with Crippen molar-refractivity contribution in [2.24, 2.45) is 5.92 Å². The number of benzene rings is 3. The third-order valence-corrected chi connectivity index (χ3v) is 4.73. The lowest BCUT2D eigenvalue weighted by Gasteiger charge is -2.11. The van der Waals surface area contributed by atoms with E-state index in [0.717, 1.165) is 17.5 Å². The van der Waals surface area contributed by atoms with Gasteiger partial charge in [-0.1, -0.05) is 50.2 Å². The van der Waals surface area contributed by atoms with E-state index < -0.39 is 5.97 Å². The number of rotatable bonds is 6. The molecule has 0 fully saturated rings. The van der Waals surface area contributed by atoms with Gasteiger partial charge in [0.2, 0.25) is 0 Å². The lowest BCUT2D eigenvalue weighted by atomic mass is 9.94. The first-order chi connectivity index (χ1) is 13.5. The molecule has 0 heterocycles. The summed E-state index contributed by atoms with van der Waals surface area (Å²) in [6.07, 6.45) is 0.725. The average Bonchev–Trinajstić information content (AvgIpc) is 2.73. The van der Waals surface area contributed by atoms with Crippen molar-refractivity contribution in [3.63, 3.8) is 0 Å². The first-order valence-electron chi connectivity index (χ1n) is 9.24. The van der Waals surface area contributed by atoms with Crippen LogP contribution in [0.25, 0.3) is 11.1 Å². The minimum absolute atomic E-state index is 0.0256. The standard InChI is InChI=1S/C24H22O4/c1-3-16(2)23(26)21-14-11-19(15-22(21)25)17-9-12-20(13-10-17)28-24(27)18-7-5-4-6-8-18/h4-16,25H,3H2,1-2H3. The Kier molecular flexibility index (Phi) is 5.90. The fraction of sp³-hybridized carbons (Fsp3) is 0.167. The fourth-order valence-electron chi connectivity index (χ4n) is 2.83. The monoisotopic (exact) mass is 374 g/mol. The molecule has 0 spiro atoms. The lowest BCUT2D eigenvalue weighted by Crippen LogP contribution is -2.10. The molecule has 142 valence electrons. The Morgan fingerprint density at radius 3 is 2.18 bits per heavy atom. The van der Waals surface area contributed by atoms with Crippen LogP contribution >= 0.6 is 0 Å². The van der Waals surface area contributed by atoms with Gasteiger partial charge in [-0.25, -0.2) is 4.79 Å². The zero-order chi connectivity index (χ0) is 20.1. The van der Waals surface area contributed by atoms with E-state index in [2.05, 4.69) is 0 Å². The van der Waals surface area contributed by atoms with E-state index in [9.17, 15) is 14.7 Å². The van der Waals surface area contributed by atoms with Gasteiger partial charge < -0.3 is 9.84 Å². The Balaban J connectivity index is 1.75. The summed E-state index contributed by atoms with van der Waals surface area (Å²) in [7, 11) is 0. The zero-order valence-electron chi connectivity index (χ0n) is 15.9. The number of carbonyl (C=O) groups is 2. The summed E-state index contributed by atoms with van der Waals surface area (Å²) in [6.45, 7) is 3.80. The maximum atomic E-state index is 12.3. The van der Waals surface area contributed by atoms with Crippen LogP contribution in [-0.4, -0.2) is 16.9 Å². The highest BCUT2D eigenvalue weighted by Crippen LogP contribution is 2.29. The van der Waals surface area contributed by atoms with E-state index in [0.29, 0.717) is 16.9 Å². The van der Waals surface area contributed by atoms with Crippen LogP contribution in [0.5, 0.6) is 11.5 Å². The van der Waals surface area contributed by atoms with Gasteiger partial charge in [-0.2, -0.15) is 0 Å². The van der Waals surface area contributed by atoms with Crippen molar-refractivity contribution < 1.29 is 19.4 Å². The van der Waals surface area contributed by atoms with Crippen LogP contribution in [0, 0.1) is 5.92 Å². The lowest BCUT2D eigenvalue weighted by molar-refractivity contribution is 0.0734. The molecular formula is C24H22O4. The molecule has 3 rings (SSSR count). The Labute approximate surface area is 164 Å². The van der Waals surface area contributed by atoms with Crippen molar-refractivity contribution in [2.75, 3.05) is 0 Å². The van der Waals surface area contributed by atoms with Gasteiger partial charge in [0.05, 0.1) is 11.1 Å². The molecule has 0 aliphatic rings. The number of aromatic hydroxyl groups is 1. The molecule has 28 heavy (non-hydrogen) atoms. The van der Waals surface area contributed by atoms with Crippen molar-refractivity contribution in [3.8, 4) is 22.6 Å². The van der Waals surface area contributed by atoms with Gasteiger partial charge in [0.25, 0.3) is 0 Å². The number of esters is 1. The SMILES string of the molecule is CCC(C)C(=O)c1ccc(-c2ccc(OC(=O)c3ccccc3)cc2)cc1O. The van der Waals surface area contributed by atoms with Gasteiger partial charge in [0.15, 0.2) is 5.78 Å². The van der Waals surface area contributed by atoms with Gasteiger partial charge in [-0.3, -0.25) is 4.79 Å². The molecule has 0 amide bonds. The van der Waals surface area contributed by atoms with Crippen molar-refractivity contribution in [2.45, 2.75) is 20.3 Å². The quantitative estimate of drug-likeness (QED) is 0.351. The maximum absolute atomic E-state index is 12.3. The number of phenols is 1. The van der Waals surface area contributed by atoms with E-state index >= 15 is 0 Å². The summed E-state index contributed by atoms with van der Waals surface area (Å²) >= 11 is 0. The number of ether oxygens (including phenoxy) is 1. The first-order valence-corrected chi connectivity index (χ1v) is 9.24. The summed E-state index contributed by atoms with van der Waals surface area (Å²) in [5.74, 6) is -0.197. The molecule has 4 nitrogen and oxygen atoms in total. The third kappa shape index (κ3) is 4.29. The van der Waals surface area contributed by atoms with E-state index in [-0.39, 0.29) is 17.5 Å². The van der Waals surface area contributed by atoms with E-state index in [4.69, 9.17) is 4.74 Å². The Morgan fingerprint density at radius 1 is 0.929 bits per heavy atom. The zero-order valence-corrected chi connectivity index (χ0v) is 15.9. The number of hydrogen-bond donors (Lipinski definition) is 1. The number of carbonyl (C=O) groups excluding carboxylic acids is 2. The number of Topliss-reactive ketones (excluding diaryl/α,β-unsaturated/α-hetero) is 1. The topological polar surface area (TPSA) is 63.6 Å². The van der Waals surface area contributed by atoms with E-state index in [1.165, 1.54) is 0 Å². The van der Waals surface area contributed by atoms with Gasteiger partial charge in [-0.15, -0.1) is 0 Å². The molecular weight excluding hydrogens is 352 g/mol. The summed E-state index contributed by atoms with van der Waals surface area (Å²) in [5, 5.41) is 10.3. The van der Waals surface area contributed by atoms with Crippen LogP contribution in [0.3, 0.4) is 0 Å². The molecule has 0 aromatic heterocycles. The molecule has 0 aliphatic heterocycles. The van der Waals surface area contributed by atoms with Crippen LogP contribution < -0.4 is 4.74 Å². The molecule has 1 unspecified atom stereocenters. The van der Waals surface area contributed by atoms with E-state index in [1.807, 2.05) is 19.9 Å². The molecule has 1 atom stereocenters. The van der Waals surface area contributed by atoms with Gasteiger partial charge >= 0.3 is 5.97 Å². The van der Waals surface area contributed by atoms with Crippen LogP contribution in [-0.2, 0) is 0 Å². The Hall–Kier alpha value is -3.40. The average molecular weight is 374 g/mol. The van der Waals surface area contributed by atoms with Crippen LogP contribution in [0.1, 0.15) is 41.0 Å². The van der Waals surface area contributed by atoms with Gasteiger partial charge in [-0.05, 0) is 53.9 Å². The van der Waals surface area contributed by atoms with Gasteiger partial charge in [0, 0.05) is 5.92 Å². The molecule has 3 aromatic rings. The molecule has 0 saturated heterocycles. The van der Waals surface area contributed by atoms with Crippen LogP contribution in [0.15, 0.2) is 72.8 Å². The minimum Gasteiger partial charge on any atom is -0.507 e. The summed E-state index contributed by atoms with van der Waals surface area (Å²) in [6, 6.07) is 20.8. The normalized spacial score (nSPS) is 11.6. The minimum atomic E-state index is -0.418. The van der Waals surface area contributed by atoms with E-state index in [1.54, 1.807) is 66.7 Å². The molecule has 0 aliphatic carbocycles. The second kappa shape index (κ2) is 8.53. The number of ketones is 1. The highest BCUT2D eigenvalue weighted by Gasteiger charge is 2.17. The largest absolute Gasteiger partial charge is 0.507 e. The first kappa shape index (κ1) is 19.4. The third-order valence-electron chi connectivity index (χ3n) is 4.73. The Bertz CT molecular complexity index is 975. The van der Waals surface area contributed by atoms with Crippen LogP contribution in [0.4, 0.5) is 0 Å². The molecule has 1 N–H and O–H groups in total. The number of hydrogen-bond acceptors (Lipinski definition) is 4. The van der Waals surface area contributed by atoms with Crippen molar-refractivity contribution >= 4 is 11.8 Å². The molecule has 3 aromatic carbocycles.